The second-order valence-electron chi connectivity index (χ2n) is 3.76. The highest BCUT2D eigenvalue weighted by Crippen LogP contribution is 2.22. The van der Waals surface area contributed by atoms with E-state index in [-0.39, 0.29) is 19.2 Å². The number of aliphatic hydroxyl groups is 1. The summed E-state index contributed by atoms with van der Waals surface area (Å²) in [5.41, 5.74) is 0. The average molecular weight is 224 g/mol. The third kappa shape index (κ3) is 3.24. The first-order valence-corrected chi connectivity index (χ1v) is 5.28. The molecule has 1 rings (SSSR count). The van der Waals surface area contributed by atoms with Gasteiger partial charge in [0.05, 0.1) is 18.7 Å². The number of ether oxygens (including phenoxy) is 1. The molecule has 0 radical (unpaired) electrons. The molecule has 1 aliphatic rings. The van der Waals surface area contributed by atoms with Crippen LogP contribution in [0.15, 0.2) is 12.7 Å². The molecule has 0 aliphatic carbocycles. The van der Waals surface area contributed by atoms with Gasteiger partial charge in [-0.15, -0.1) is 0 Å². The van der Waals surface area contributed by atoms with Crippen LogP contribution in [-0.4, -0.2) is 41.4 Å². The van der Waals surface area contributed by atoms with Crippen LogP contribution >= 0.6 is 0 Å². The van der Waals surface area contributed by atoms with Gasteiger partial charge in [-0.2, -0.15) is 5.26 Å². The lowest BCUT2D eigenvalue weighted by molar-refractivity contribution is 0.101. The van der Waals surface area contributed by atoms with E-state index in [2.05, 4.69) is 6.58 Å². The zero-order valence-corrected chi connectivity index (χ0v) is 9.13. The Morgan fingerprint density at radius 1 is 1.75 bits per heavy atom. The van der Waals surface area contributed by atoms with Crippen molar-refractivity contribution in [3.8, 4) is 6.07 Å². The SMILES string of the molecule is C=CCOC(=O)N1C[C@H](O)C[C@H]1CCC#N. The van der Waals surface area contributed by atoms with Crippen LogP contribution < -0.4 is 0 Å². The van der Waals surface area contributed by atoms with Crippen LogP contribution in [-0.2, 0) is 4.74 Å². The van der Waals surface area contributed by atoms with Crippen molar-refractivity contribution in [1.82, 2.24) is 4.90 Å². The Labute approximate surface area is 94.9 Å². The average Bonchev–Trinajstić information content (AvgIpc) is 2.64. The van der Waals surface area contributed by atoms with Crippen molar-refractivity contribution in [1.29, 1.82) is 5.26 Å². The van der Waals surface area contributed by atoms with Gasteiger partial charge in [0.1, 0.15) is 6.61 Å². The molecular weight excluding hydrogens is 208 g/mol. The van der Waals surface area contributed by atoms with Crippen LogP contribution in [0.4, 0.5) is 4.79 Å². The van der Waals surface area contributed by atoms with E-state index in [4.69, 9.17) is 10.00 Å². The molecule has 0 spiro atoms. The normalized spacial score (nSPS) is 23.9. The first-order chi connectivity index (χ1) is 7.69. The highest BCUT2D eigenvalue weighted by atomic mass is 16.6. The van der Waals surface area contributed by atoms with Crippen LogP contribution in [0.3, 0.4) is 0 Å². The molecule has 5 nitrogen and oxygen atoms in total. The number of hydrogen-bond donors (Lipinski definition) is 1. The molecule has 1 fully saturated rings. The Balaban J connectivity index is 2.51. The molecular formula is C11H16N2O3. The molecule has 2 atom stereocenters. The number of nitriles is 1. The lowest BCUT2D eigenvalue weighted by Crippen LogP contribution is -2.36. The molecule has 88 valence electrons. The van der Waals surface area contributed by atoms with Gasteiger partial charge in [-0.25, -0.2) is 4.79 Å². The van der Waals surface area contributed by atoms with E-state index >= 15 is 0 Å². The van der Waals surface area contributed by atoms with Crippen LogP contribution in [0, 0.1) is 11.3 Å². The zero-order chi connectivity index (χ0) is 12.0. The van der Waals surface area contributed by atoms with Crippen molar-refractivity contribution in [3.05, 3.63) is 12.7 Å². The number of hydrogen-bond acceptors (Lipinski definition) is 4. The van der Waals surface area contributed by atoms with E-state index in [1.807, 2.05) is 6.07 Å². The van der Waals surface area contributed by atoms with Gasteiger partial charge in [-0.1, -0.05) is 12.7 Å². The van der Waals surface area contributed by atoms with Gasteiger partial charge in [0.15, 0.2) is 0 Å². The molecule has 1 amide bonds. The van der Waals surface area contributed by atoms with E-state index < -0.39 is 12.2 Å². The van der Waals surface area contributed by atoms with Crippen molar-refractivity contribution < 1.29 is 14.6 Å². The summed E-state index contributed by atoms with van der Waals surface area (Å²) in [6.07, 6.45) is 2.01. The summed E-state index contributed by atoms with van der Waals surface area (Å²) in [4.78, 5) is 13.1. The molecule has 1 heterocycles. The van der Waals surface area contributed by atoms with E-state index in [1.165, 1.54) is 11.0 Å². The quantitative estimate of drug-likeness (QED) is 0.724. The van der Waals surface area contributed by atoms with Gasteiger partial charge >= 0.3 is 6.09 Å². The van der Waals surface area contributed by atoms with Crippen LogP contribution in [0.25, 0.3) is 0 Å². The predicted molar refractivity (Wildman–Crippen MR) is 57.5 cm³/mol. The van der Waals surface area contributed by atoms with Crippen molar-refractivity contribution in [2.75, 3.05) is 13.2 Å². The van der Waals surface area contributed by atoms with Gasteiger partial charge in [0.25, 0.3) is 0 Å². The standard InChI is InChI=1S/C11H16N2O3/c1-2-6-16-11(15)13-8-10(14)7-9(13)4-3-5-12/h2,9-10,14H,1,3-4,6-8H2/t9-,10-/m1/s1. The summed E-state index contributed by atoms with van der Waals surface area (Å²) in [5.74, 6) is 0. The summed E-state index contributed by atoms with van der Waals surface area (Å²) in [5, 5.41) is 18.0. The number of nitrogens with zero attached hydrogens (tertiary/aromatic N) is 2. The number of aliphatic hydroxyl groups excluding tert-OH is 1. The number of rotatable bonds is 4. The molecule has 5 heteroatoms. The maximum atomic E-state index is 11.6. The highest BCUT2D eigenvalue weighted by molar-refractivity contribution is 5.68. The minimum absolute atomic E-state index is 0.0908. The Morgan fingerprint density at radius 3 is 3.12 bits per heavy atom. The van der Waals surface area contributed by atoms with Gasteiger partial charge in [-0.3, -0.25) is 0 Å². The third-order valence-electron chi connectivity index (χ3n) is 2.54. The van der Waals surface area contributed by atoms with Crippen molar-refractivity contribution in [2.24, 2.45) is 0 Å². The molecule has 0 saturated carbocycles. The maximum absolute atomic E-state index is 11.6. The topological polar surface area (TPSA) is 73.6 Å². The van der Waals surface area contributed by atoms with Crippen LogP contribution in [0.1, 0.15) is 19.3 Å². The fourth-order valence-electron chi connectivity index (χ4n) is 1.83. The summed E-state index contributed by atoms with van der Waals surface area (Å²) >= 11 is 0. The molecule has 0 aromatic carbocycles. The molecule has 1 aliphatic heterocycles. The lowest BCUT2D eigenvalue weighted by atomic mass is 10.1. The molecule has 0 bridgehead atoms. The largest absolute Gasteiger partial charge is 0.445 e. The maximum Gasteiger partial charge on any atom is 0.410 e. The van der Waals surface area contributed by atoms with Gasteiger partial charge < -0.3 is 14.7 Å². The molecule has 0 aromatic heterocycles. The minimum Gasteiger partial charge on any atom is -0.445 e. The Hall–Kier alpha value is -1.54. The summed E-state index contributed by atoms with van der Waals surface area (Å²) < 4.78 is 4.91. The predicted octanol–water partition coefficient (Wildman–Crippen LogP) is 1.05. The lowest BCUT2D eigenvalue weighted by Gasteiger charge is -2.22. The minimum atomic E-state index is -0.514. The van der Waals surface area contributed by atoms with Crippen LogP contribution in [0.5, 0.6) is 0 Å². The monoisotopic (exact) mass is 224 g/mol. The zero-order valence-electron chi connectivity index (χ0n) is 9.13. The Bertz CT molecular complexity index is 298. The molecule has 1 saturated heterocycles. The summed E-state index contributed by atoms with van der Waals surface area (Å²) in [7, 11) is 0. The van der Waals surface area contributed by atoms with Gasteiger partial charge in [0, 0.05) is 12.5 Å². The number of carbonyl (C=O) groups is 1. The van der Waals surface area contributed by atoms with E-state index in [1.54, 1.807) is 0 Å². The fraction of sp³-hybridized carbons (Fsp3) is 0.636. The summed E-state index contributed by atoms with van der Waals surface area (Å²) in [6, 6.07) is 1.94. The molecule has 1 N–H and O–H groups in total. The second-order valence-corrected chi connectivity index (χ2v) is 3.76. The van der Waals surface area contributed by atoms with Crippen molar-refractivity contribution >= 4 is 6.09 Å². The first kappa shape index (κ1) is 12.5. The van der Waals surface area contributed by atoms with Crippen molar-refractivity contribution in [2.45, 2.75) is 31.4 Å². The smallest absolute Gasteiger partial charge is 0.410 e. The van der Waals surface area contributed by atoms with E-state index in [0.717, 1.165) is 0 Å². The first-order valence-electron chi connectivity index (χ1n) is 5.28. The van der Waals surface area contributed by atoms with Crippen molar-refractivity contribution in [3.63, 3.8) is 0 Å². The summed E-state index contributed by atoms with van der Waals surface area (Å²) in [6.45, 7) is 3.90. The highest BCUT2D eigenvalue weighted by Gasteiger charge is 2.34. The van der Waals surface area contributed by atoms with E-state index in [9.17, 15) is 9.90 Å². The molecule has 0 aromatic rings. The fourth-order valence-corrected chi connectivity index (χ4v) is 1.83. The van der Waals surface area contributed by atoms with Gasteiger partial charge in [0.2, 0.25) is 0 Å². The number of β-amino-alcohol motifs (C(OH)–C–C–N with tert-alkyl or cyclic N) is 1. The van der Waals surface area contributed by atoms with E-state index in [0.29, 0.717) is 19.3 Å². The Kier molecular flexibility index (Phi) is 4.80. The number of carbonyl (C=O) groups excluding carboxylic acids is 1. The number of likely N-dealkylation sites (tertiary alicyclic amines) is 1. The second kappa shape index (κ2) is 6.13. The Morgan fingerprint density at radius 2 is 2.50 bits per heavy atom. The third-order valence-corrected chi connectivity index (χ3v) is 2.54. The molecule has 16 heavy (non-hydrogen) atoms. The van der Waals surface area contributed by atoms with Gasteiger partial charge in [-0.05, 0) is 12.8 Å². The molecule has 0 unspecified atom stereocenters. The number of amides is 1. The van der Waals surface area contributed by atoms with Crippen LogP contribution in [0.2, 0.25) is 0 Å².